The van der Waals surface area contributed by atoms with E-state index in [1.165, 1.54) is 6.08 Å². The molecule has 0 radical (unpaired) electrons. The first-order valence-electron chi connectivity index (χ1n) is 11.6. The van der Waals surface area contributed by atoms with E-state index < -0.39 is 11.0 Å². The molecule has 6 nitrogen and oxygen atoms in total. The lowest BCUT2D eigenvalue weighted by Crippen LogP contribution is -2.61. The number of allylic oxidation sites excluding steroid dienone is 1. The van der Waals surface area contributed by atoms with Crippen molar-refractivity contribution in [3.63, 3.8) is 0 Å². The zero-order valence-corrected chi connectivity index (χ0v) is 19.2. The summed E-state index contributed by atoms with van der Waals surface area (Å²) in [7, 11) is 0. The minimum absolute atomic E-state index is 0.0654. The summed E-state index contributed by atoms with van der Waals surface area (Å²) in [6.07, 6.45) is 8.10. The topological polar surface area (TPSA) is 85.4 Å². The number of ether oxygens (including phenoxy) is 3. The van der Waals surface area contributed by atoms with Crippen molar-refractivity contribution in [3.8, 4) is 0 Å². The summed E-state index contributed by atoms with van der Waals surface area (Å²) in [5, 5.41) is 11.5. The first-order valence-corrected chi connectivity index (χ1v) is 11.6. The van der Waals surface area contributed by atoms with Crippen molar-refractivity contribution in [3.05, 3.63) is 23.5 Å². The number of epoxide rings is 1. The van der Waals surface area contributed by atoms with Crippen LogP contribution in [0.5, 0.6) is 0 Å². The number of hydrogen-bond donors (Lipinski definition) is 1. The van der Waals surface area contributed by atoms with E-state index in [1.807, 2.05) is 19.9 Å². The van der Waals surface area contributed by atoms with Gasteiger partial charge in [0.1, 0.15) is 18.0 Å². The highest BCUT2D eigenvalue weighted by Gasteiger charge is 2.69. The Morgan fingerprint density at radius 2 is 1.94 bits per heavy atom. The Morgan fingerprint density at radius 1 is 1.19 bits per heavy atom. The van der Waals surface area contributed by atoms with Crippen molar-refractivity contribution in [1.29, 1.82) is 0 Å². The molecule has 5 aliphatic rings. The van der Waals surface area contributed by atoms with Gasteiger partial charge in [0, 0.05) is 18.4 Å². The van der Waals surface area contributed by atoms with Crippen LogP contribution >= 0.6 is 0 Å². The van der Waals surface area contributed by atoms with Gasteiger partial charge in [0.25, 0.3) is 0 Å². The Hall–Kier alpha value is -1.66. The molecule has 5 rings (SSSR count). The predicted octanol–water partition coefficient (Wildman–Crippen LogP) is 3.82. The maximum absolute atomic E-state index is 12.7. The number of hydrogen-bond acceptors (Lipinski definition) is 6. The third kappa shape index (κ3) is 3.05. The van der Waals surface area contributed by atoms with Gasteiger partial charge in [-0.25, -0.2) is 4.79 Å². The van der Waals surface area contributed by atoms with Crippen LogP contribution in [0.15, 0.2) is 23.5 Å². The smallest absolute Gasteiger partial charge is 0.336 e. The highest BCUT2D eigenvalue weighted by atomic mass is 16.6. The summed E-state index contributed by atoms with van der Waals surface area (Å²) in [6.45, 7) is 10.2. The van der Waals surface area contributed by atoms with Gasteiger partial charge in [-0.1, -0.05) is 13.3 Å². The van der Waals surface area contributed by atoms with Crippen LogP contribution in [-0.4, -0.2) is 40.5 Å². The maximum atomic E-state index is 12.7. The SMILES string of the molecule is CC1=CC(=O)OC1=C[C@@H]1O[C@]1(C)CC[C@@H]1[C@@]2(C)CCC[C@@]3(C)C(=O)O[C@@H](C[C@@]1(C)O)[C@H]23. The quantitative estimate of drug-likeness (QED) is 0.539. The van der Waals surface area contributed by atoms with E-state index in [2.05, 4.69) is 20.8 Å². The van der Waals surface area contributed by atoms with Crippen LogP contribution in [0.25, 0.3) is 0 Å². The highest BCUT2D eigenvalue weighted by Crippen LogP contribution is 2.66. The molecule has 3 aliphatic heterocycles. The number of cyclic esters (lactones) is 1. The van der Waals surface area contributed by atoms with Crippen LogP contribution in [0, 0.1) is 22.7 Å². The van der Waals surface area contributed by atoms with Crippen molar-refractivity contribution in [2.45, 2.75) is 96.6 Å². The molecule has 1 N–H and O–H groups in total. The number of carbonyl (C=O) groups is 2. The van der Waals surface area contributed by atoms with E-state index >= 15 is 0 Å². The van der Waals surface area contributed by atoms with Gasteiger partial charge in [-0.3, -0.25) is 4.79 Å². The Bertz CT molecular complexity index is 902. The normalized spacial score (nSPS) is 51.9. The van der Waals surface area contributed by atoms with Crippen LogP contribution < -0.4 is 0 Å². The molecule has 2 saturated heterocycles. The lowest BCUT2D eigenvalue weighted by Gasteiger charge is -2.59. The number of carbonyl (C=O) groups excluding carboxylic acids is 2. The van der Waals surface area contributed by atoms with Gasteiger partial charge < -0.3 is 19.3 Å². The zero-order valence-electron chi connectivity index (χ0n) is 19.2. The summed E-state index contributed by atoms with van der Waals surface area (Å²) < 4.78 is 17.1. The summed E-state index contributed by atoms with van der Waals surface area (Å²) >= 11 is 0. The van der Waals surface area contributed by atoms with E-state index in [-0.39, 0.29) is 47.0 Å². The molecule has 8 atom stereocenters. The molecule has 0 aromatic rings. The zero-order chi connectivity index (χ0) is 22.4. The molecule has 0 bridgehead atoms. The summed E-state index contributed by atoms with van der Waals surface area (Å²) in [6, 6.07) is 0. The molecule has 0 unspecified atom stereocenters. The molecular formula is C25H34O6. The standard InChI is InChI=1S/C25H34O6/c1-14-11-19(26)29-15(14)12-18-25(5,31-18)10-7-17-22(2)8-6-9-23(3)20(22)16(30-21(23)27)13-24(17,4)28/h11-12,16-18,20,28H,6-10,13H2,1-5H3/t16-,17+,18-,20+,22+,23+,24+,25+/m0/s1. The molecule has 3 heterocycles. The van der Waals surface area contributed by atoms with Crippen LogP contribution in [0.3, 0.4) is 0 Å². The lowest BCUT2D eigenvalue weighted by atomic mass is 9.44. The molecule has 2 aliphatic carbocycles. The van der Waals surface area contributed by atoms with Crippen LogP contribution in [0.4, 0.5) is 0 Å². The predicted molar refractivity (Wildman–Crippen MR) is 113 cm³/mol. The monoisotopic (exact) mass is 430 g/mol. The van der Waals surface area contributed by atoms with Crippen LogP contribution in [0.1, 0.15) is 73.1 Å². The maximum Gasteiger partial charge on any atom is 0.336 e. The number of esters is 2. The Balaban J connectivity index is 1.35. The van der Waals surface area contributed by atoms with Crippen LogP contribution in [0.2, 0.25) is 0 Å². The average molecular weight is 431 g/mol. The van der Waals surface area contributed by atoms with E-state index in [0.29, 0.717) is 12.2 Å². The van der Waals surface area contributed by atoms with Gasteiger partial charge in [-0.15, -0.1) is 0 Å². The van der Waals surface area contributed by atoms with Crippen molar-refractivity contribution in [2.24, 2.45) is 22.7 Å². The molecule has 0 aromatic carbocycles. The molecule has 0 aromatic heterocycles. The van der Waals surface area contributed by atoms with E-state index in [0.717, 1.165) is 37.7 Å². The second kappa shape index (κ2) is 6.44. The first kappa shape index (κ1) is 21.2. The number of rotatable bonds is 4. The van der Waals surface area contributed by atoms with Crippen molar-refractivity contribution in [2.75, 3.05) is 0 Å². The molecule has 31 heavy (non-hydrogen) atoms. The fourth-order valence-corrected chi connectivity index (χ4v) is 7.60. The lowest BCUT2D eigenvalue weighted by molar-refractivity contribution is -0.182. The fraction of sp³-hybridized carbons (Fsp3) is 0.760. The van der Waals surface area contributed by atoms with Crippen molar-refractivity contribution < 1.29 is 28.9 Å². The van der Waals surface area contributed by atoms with Crippen molar-refractivity contribution >= 4 is 11.9 Å². The van der Waals surface area contributed by atoms with E-state index in [9.17, 15) is 14.7 Å². The molecule has 2 saturated carbocycles. The highest BCUT2D eigenvalue weighted by molar-refractivity contribution is 5.88. The first-order chi connectivity index (χ1) is 14.4. The minimum atomic E-state index is -0.891. The van der Waals surface area contributed by atoms with Gasteiger partial charge in [0.05, 0.1) is 16.6 Å². The van der Waals surface area contributed by atoms with E-state index in [1.54, 1.807) is 0 Å². The molecule has 0 amide bonds. The van der Waals surface area contributed by atoms with E-state index in [4.69, 9.17) is 14.2 Å². The summed E-state index contributed by atoms with van der Waals surface area (Å²) in [5.74, 6) is 0.394. The average Bonchev–Trinajstić information content (AvgIpc) is 3.03. The van der Waals surface area contributed by atoms with Crippen LogP contribution in [-0.2, 0) is 23.8 Å². The molecular weight excluding hydrogens is 396 g/mol. The van der Waals surface area contributed by atoms with Gasteiger partial charge in [-0.2, -0.15) is 0 Å². The Kier molecular flexibility index (Phi) is 4.41. The molecule has 4 fully saturated rings. The molecule has 6 heteroatoms. The summed E-state index contributed by atoms with van der Waals surface area (Å²) in [5.41, 5.74) is -0.978. The number of aliphatic hydroxyl groups is 1. The second-order valence-electron chi connectivity index (χ2n) is 11.5. The third-order valence-electron chi connectivity index (χ3n) is 9.17. The second-order valence-corrected chi connectivity index (χ2v) is 11.5. The Labute approximate surface area is 184 Å². The Morgan fingerprint density at radius 3 is 2.61 bits per heavy atom. The largest absolute Gasteiger partial charge is 0.461 e. The molecule has 0 spiro atoms. The van der Waals surface area contributed by atoms with Gasteiger partial charge >= 0.3 is 11.9 Å². The third-order valence-corrected chi connectivity index (χ3v) is 9.17. The van der Waals surface area contributed by atoms with Gasteiger partial charge in [0.2, 0.25) is 0 Å². The van der Waals surface area contributed by atoms with Gasteiger partial charge in [0.15, 0.2) is 0 Å². The molecule has 170 valence electrons. The van der Waals surface area contributed by atoms with Crippen molar-refractivity contribution in [1.82, 2.24) is 0 Å². The fourth-order valence-electron chi connectivity index (χ4n) is 7.60. The summed E-state index contributed by atoms with van der Waals surface area (Å²) in [4.78, 5) is 24.2. The van der Waals surface area contributed by atoms with Gasteiger partial charge in [-0.05, 0) is 76.4 Å². The minimum Gasteiger partial charge on any atom is -0.461 e.